The quantitative estimate of drug-likeness (QED) is 0.630. The maximum atomic E-state index is 10.4. The Labute approximate surface area is 138 Å². The van der Waals surface area contributed by atoms with Gasteiger partial charge in [-0.3, -0.25) is 4.57 Å². The number of aromatic nitrogens is 4. The summed E-state index contributed by atoms with van der Waals surface area (Å²) in [5, 5.41) is 19.8. The predicted octanol–water partition coefficient (Wildman–Crippen LogP) is 0.0105. The van der Waals surface area contributed by atoms with Crippen molar-refractivity contribution in [1.82, 2.24) is 19.5 Å². The molecule has 3 rings (SSSR count). The number of nitrogen functional groups attached to an aromatic ring is 1. The second-order valence-electron chi connectivity index (χ2n) is 5.86. The van der Waals surface area contributed by atoms with Gasteiger partial charge in [-0.05, 0) is 13.3 Å². The highest BCUT2D eigenvalue weighted by atomic mass is 16.6. The molecule has 1 fully saturated rings. The van der Waals surface area contributed by atoms with Crippen molar-refractivity contribution < 1.29 is 19.7 Å². The van der Waals surface area contributed by atoms with Gasteiger partial charge in [-0.15, -0.1) is 6.58 Å². The highest BCUT2D eigenvalue weighted by Crippen LogP contribution is 2.34. The molecule has 1 aliphatic heterocycles. The summed E-state index contributed by atoms with van der Waals surface area (Å²) in [4.78, 5) is 12.3. The van der Waals surface area contributed by atoms with Crippen molar-refractivity contribution >= 4 is 17.0 Å². The summed E-state index contributed by atoms with van der Waals surface area (Å²) in [6, 6.07) is 0. The van der Waals surface area contributed by atoms with Crippen LogP contribution in [0.4, 0.5) is 5.82 Å². The first kappa shape index (κ1) is 16.8. The van der Waals surface area contributed by atoms with Crippen LogP contribution >= 0.6 is 0 Å². The number of ether oxygens (including phenoxy) is 2. The molecule has 4 N–H and O–H groups in total. The Balaban J connectivity index is 1.90. The maximum Gasteiger partial charge on any atom is 0.167 e. The SMILES string of the molecule is C=C(C)CCO[C@@H]1[C@H](O)[C@@H](CO)O[C@H]1n1cnc2c(N)ncnc21. The van der Waals surface area contributed by atoms with Crippen molar-refractivity contribution in [3.05, 3.63) is 24.8 Å². The summed E-state index contributed by atoms with van der Waals surface area (Å²) in [5.74, 6) is 0.260. The third kappa shape index (κ3) is 2.98. The van der Waals surface area contributed by atoms with Crippen LogP contribution in [0.3, 0.4) is 0 Å². The fourth-order valence-corrected chi connectivity index (χ4v) is 2.70. The van der Waals surface area contributed by atoms with Gasteiger partial charge in [-0.1, -0.05) is 5.57 Å². The van der Waals surface area contributed by atoms with Crippen molar-refractivity contribution in [2.45, 2.75) is 37.9 Å². The van der Waals surface area contributed by atoms with Gasteiger partial charge in [0.25, 0.3) is 0 Å². The van der Waals surface area contributed by atoms with Crippen molar-refractivity contribution in [1.29, 1.82) is 0 Å². The third-order valence-electron chi connectivity index (χ3n) is 3.99. The fourth-order valence-electron chi connectivity index (χ4n) is 2.70. The van der Waals surface area contributed by atoms with E-state index < -0.39 is 24.5 Å². The Kier molecular flexibility index (Phi) is 4.76. The molecule has 4 atom stereocenters. The van der Waals surface area contributed by atoms with Crippen LogP contribution in [-0.2, 0) is 9.47 Å². The number of nitrogens with two attached hydrogens (primary N) is 1. The molecular weight excluding hydrogens is 314 g/mol. The van der Waals surface area contributed by atoms with E-state index in [4.69, 9.17) is 15.2 Å². The number of aliphatic hydroxyl groups excluding tert-OH is 2. The van der Waals surface area contributed by atoms with Gasteiger partial charge in [-0.2, -0.15) is 0 Å². The Hall–Kier alpha value is -2.07. The largest absolute Gasteiger partial charge is 0.394 e. The van der Waals surface area contributed by atoms with Crippen LogP contribution in [0.25, 0.3) is 11.2 Å². The summed E-state index contributed by atoms with van der Waals surface area (Å²) in [6.45, 7) is 5.80. The van der Waals surface area contributed by atoms with Gasteiger partial charge in [0.1, 0.15) is 30.2 Å². The highest BCUT2D eigenvalue weighted by molar-refractivity contribution is 5.81. The molecule has 24 heavy (non-hydrogen) atoms. The number of imidazole rings is 1. The normalized spacial score (nSPS) is 27.0. The van der Waals surface area contributed by atoms with Gasteiger partial charge in [-0.25, -0.2) is 15.0 Å². The average molecular weight is 335 g/mol. The van der Waals surface area contributed by atoms with Crippen molar-refractivity contribution in [3.8, 4) is 0 Å². The minimum atomic E-state index is -0.971. The van der Waals surface area contributed by atoms with Crippen LogP contribution in [0, 0.1) is 0 Å². The molecule has 0 amide bonds. The molecule has 1 saturated heterocycles. The fraction of sp³-hybridized carbons (Fsp3) is 0.533. The van der Waals surface area contributed by atoms with Gasteiger partial charge < -0.3 is 25.4 Å². The van der Waals surface area contributed by atoms with Crippen molar-refractivity contribution in [3.63, 3.8) is 0 Å². The van der Waals surface area contributed by atoms with E-state index in [1.165, 1.54) is 12.7 Å². The summed E-state index contributed by atoms with van der Waals surface area (Å²) in [6.07, 6.45) is 0.447. The van der Waals surface area contributed by atoms with Gasteiger partial charge in [0.2, 0.25) is 0 Å². The van der Waals surface area contributed by atoms with Crippen LogP contribution in [0.1, 0.15) is 19.6 Å². The van der Waals surface area contributed by atoms with Crippen LogP contribution in [0.15, 0.2) is 24.8 Å². The predicted molar refractivity (Wildman–Crippen MR) is 85.9 cm³/mol. The van der Waals surface area contributed by atoms with E-state index in [0.29, 0.717) is 24.2 Å². The molecule has 1 aliphatic rings. The van der Waals surface area contributed by atoms with E-state index in [0.717, 1.165) is 5.57 Å². The first-order chi connectivity index (χ1) is 11.5. The molecule has 0 aliphatic carbocycles. The summed E-state index contributed by atoms with van der Waals surface area (Å²) < 4.78 is 13.2. The molecule has 130 valence electrons. The lowest BCUT2D eigenvalue weighted by Gasteiger charge is -2.22. The van der Waals surface area contributed by atoms with Crippen LogP contribution in [0.5, 0.6) is 0 Å². The molecule has 9 heteroatoms. The second-order valence-corrected chi connectivity index (χ2v) is 5.86. The molecule has 3 heterocycles. The first-order valence-corrected chi connectivity index (χ1v) is 7.66. The van der Waals surface area contributed by atoms with E-state index in [1.54, 1.807) is 4.57 Å². The lowest BCUT2D eigenvalue weighted by Crippen LogP contribution is -2.35. The van der Waals surface area contributed by atoms with E-state index >= 15 is 0 Å². The van der Waals surface area contributed by atoms with Crippen LogP contribution < -0.4 is 5.73 Å². The molecule has 0 bridgehead atoms. The van der Waals surface area contributed by atoms with Crippen molar-refractivity contribution in [2.75, 3.05) is 18.9 Å². The zero-order valence-corrected chi connectivity index (χ0v) is 13.4. The van der Waals surface area contributed by atoms with Crippen molar-refractivity contribution in [2.24, 2.45) is 0 Å². The minimum Gasteiger partial charge on any atom is -0.394 e. The second kappa shape index (κ2) is 6.81. The van der Waals surface area contributed by atoms with Gasteiger partial charge in [0.05, 0.1) is 19.5 Å². The number of rotatable bonds is 6. The van der Waals surface area contributed by atoms with E-state index in [9.17, 15) is 10.2 Å². The molecule has 0 aromatic carbocycles. The van der Waals surface area contributed by atoms with E-state index in [2.05, 4.69) is 21.5 Å². The number of hydrogen-bond donors (Lipinski definition) is 3. The highest BCUT2D eigenvalue weighted by Gasteiger charge is 2.45. The lowest BCUT2D eigenvalue weighted by atomic mass is 10.1. The Morgan fingerprint density at radius 1 is 1.46 bits per heavy atom. The summed E-state index contributed by atoms with van der Waals surface area (Å²) >= 11 is 0. The molecule has 2 aromatic rings. The van der Waals surface area contributed by atoms with E-state index in [1.807, 2.05) is 6.92 Å². The number of hydrogen-bond acceptors (Lipinski definition) is 8. The molecule has 2 aromatic heterocycles. The number of anilines is 1. The maximum absolute atomic E-state index is 10.4. The molecule has 0 radical (unpaired) electrons. The van der Waals surface area contributed by atoms with Gasteiger partial charge in [0.15, 0.2) is 17.7 Å². The Bertz CT molecular complexity index is 734. The summed E-state index contributed by atoms with van der Waals surface area (Å²) in [5.41, 5.74) is 7.70. The van der Waals surface area contributed by atoms with Crippen LogP contribution in [0.2, 0.25) is 0 Å². The molecule has 0 saturated carbocycles. The monoisotopic (exact) mass is 335 g/mol. The Morgan fingerprint density at radius 3 is 2.96 bits per heavy atom. The number of aliphatic hydroxyl groups is 2. The van der Waals surface area contributed by atoms with Gasteiger partial charge in [0, 0.05) is 0 Å². The smallest absolute Gasteiger partial charge is 0.167 e. The third-order valence-corrected chi connectivity index (χ3v) is 3.99. The first-order valence-electron chi connectivity index (χ1n) is 7.66. The minimum absolute atomic E-state index is 0.260. The number of fused-ring (bicyclic) bond motifs is 1. The molecule has 9 nitrogen and oxygen atoms in total. The summed E-state index contributed by atoms with van der Waals surface area (Å²) in [7, 11) is 0. The zero-order chi connectivity index (χ0) is 17.3. The Morgan fingerprint density at radius 2 is 2.25 bits per heavy atom. The lowest BCUT2D eigenvalue weighted by molar-refractivity contribution is -0.0698. The molecular formula is C15H21N5O4. The molecule has 0 unspecified atom stereocenters. The standard InChI is InChI=1S/C15H21N5O4/c1-8(2)3-4-23-12-11(22)9(5-21)24-15(12)20-7-19-10-13(16)17-6-18-14(10)20/h6-7,9,11-12,15,21-22H,1,3-5H2,2H3,(H2,16,17,18)/t9-,11-,12-,15-/m1/s1. The molecule has 0 spiro atoms. The van der Waals surface area contributed by atoms with Gasteiger partial charge >= 0.3 is 0 Å². The zero-order valence-electron chi connectivity index (χ0n) is 13.4. The van der Waals surface area contributed by atoms with E-state index in [-0.39, 0.29) is 12.4 Å². The van der Waals surface area contributed by atoms with Crippen LogP contribution in [-0.4, -0.2) is 61.3 Å². The average Bonchev–Trinajstić information content (AvgIpc) is 3.10. The topological polar surface area (TPSA) is 129 Å². The number of nitrogens with zero attached hydrogens (tertiary/aromatic N) is 4.